The van der Waals surface area contributed by atoms with Gasteiger partial charge >= 0.3 is 12.1 Å². The van der Waals surface area contributed by atoms with Crippen LogP contribution in [-0.4, -0.2) is 24.7 Å². The van der Waals surface area contributed by atoms with Crippen LogP contribution in [0.4, 0.5) is 4.79 Å². The highest BCUT2D eigenvalue weighted by molar-refractivity contribution is 5.72. The first kappa shape index (κ1) is 18.0. The van der Waals surface area contributed by atoms with Crippen molar-refractivity contribution in [3.63, 3.8) is 0 Å². The second-order valence-corrected chi connectivity index (χ2v) is 5.05. The molecule has 0 aliphatic carbocycles. The minimum Gasteiger partial charge on any atom is -0.466 e. The average molecular weight is 307 g/mol. The first-order valence-corrected chi connectivity index (χ1v) is 7.78. The number of unbranched alkanes of at least 4 members (excludes halogenated alkanes) is 1. The lowest BCUT2D eigenvalue weighted by molar-refractivity contribution is -0.143. The highest BCUT2D eigenvalue weighted by atomic mass is 16.5. The van der Waals surface area contributed by atoms with Crippen LogP contribution >= 0.6 is 0 Å². The van der Waals surface area contributed by atoms with Crippen LogP contribution in [0.25, 0.3) is 0 Å². The number of carbonyl (C=O) groups excluding carboxylic acids is 2. The number of esters is 1. The minimum atomic E-state index is -0.505. The van der Waals surface area contributed by atoms with E-state index in [-0.39, 0.29) is 25.0 Å². The Hall–Kier alpha value is -2.04. The fourth-order valence-electron chi connectivity index (χ4n) is 2.03. The third-order valence-electron chi connectivity index (χ3n) is 3.16. The van der Waals surface area contributed by atoms with Crippen LogP contribution in [0.3, 0.4) is 0 Å². The summed E-state index contributed by atoms with van der Waals surface area (Å²) in [6, 6.07) is 9.22. The largest absolute Gasteiger partial charge is 0.466 e. The molecule has 0 saturated carbocycles. The molecule has 0 aliphatic heterocycles. The molecule has 0 unspecified atom stereocenters. The molecular formula is C17H25NO4. The van der Waals surface area contributed by atoms with Gasteiger partial charge in [-0.25, -0.2) is 4.79 Å². The van der Waals surface area contributed by atoms with E-state index in [9.17, 15) is 9.59 Å². The maximum atomic E-state index is 11.8. The van der Waals surface area contributed by atoms with E-state index in [1.54, 1.807) is 6.92 Å². The standard InChI is InChI=1S/C17H25NO4/c1-3-5-11-15(12-16(19)21-4-2)18-17(20)22-13-14-9-7-6-8-10-14/h6-10,15H,3-5,11-13H2,1-2H3,(H,18,20)/t15-/m1/s1. The van der Waals surface area contributed by atoms with E-state index in [4.69, 9.17) is 9.47 Å². The van der Waals surface area contributed by atoms with Gasteiger partial charge in [0.2, 0.25) is 0 Å². The average Bonchev–Trinajstić information content (AvgIpc) is 2.52. The molecule has 1 aromatic rings. The number of hydrogen-bond acceptors (Lipinski definition) is 4. The number of alkyl carbamates (subject to hydrolysis) is 1. The lowest BCUT2D eigenvalue weighted by atomic mass is 10.1. The highest BCUT2D eigenvalue weighted by Gasteiger charge is 2.17. The van der Waals surface area contributed by atoms with Crippen LogP contribution in [-0.2, 0) is 20.9 Å². The van der Waals surface area contributed by atoms with Gasteiger partial charge in [0.1, 0.15) is 6.61 Å². The van der Waals surface area contributed by atoms with Gasteiger partial charge in [-0.15, -0.1) is 0 Å². The molecule has 122 valence electrons. The van der Waals surface area contributed by atoms with E-state index in [2.05, 4.69) is 12.2 Å². The molecule has 0 spiro atoms. The fraction of sp³-hybridized carbons (Fsp3) is 0.529. The van der Waals surface area contributed by atoms with Crippen molar-refractivity contribution in [2.45, 2.75) is 52.2 Å². The fourth-order valence-corrected chi connectivity index (χ4v) is 2.03. The van der Waals surface area contributed by atoms with Gasteiger partial charge in [0, 0.05) is 6.04 Å². The topological polar surface area (TPSA) is 64.6 Å². The molecule has 0 bridgehead atoms. The number of nitrogens with one attached hydrogen (secondary N) is 1. The van der Waals surface area contributed by atoms with Crippen molar-refractivity contribution in [2.75, 3.05) is 6.61 Å². The van der Waals surface area contributed by atoms with Crippen molar-refractivity contribution in [1.29, 1.82) is 0 Å². The third-order valence-corrected chi connectivity index (χ3v) is 3.16. The van der Waals surface area contributed by atoms with E-state index in [1.807, 2.05) is 30.3 Å². The Morgan fingerprint density at radius 3 is 2.50 bits per heavy atom. The zero-order valence-corrected chi connectivity index (χ0v) is 13.3. The Balaban J connectivity index is 2.42. The Kier molecular flexibility index (Phi) is 8.72. The summed E-state index contributed by atoms with van der Waals surface area (Å²) in [5.41, 5.74) is 0.924. The van der Waals surface area contributed by atoms with Crippen molar-refractivity contribution < 1.29 is 19.1 Å². The quantitative estimate of drug-likeness (QED) is 0.710. The van der Waals surface area contributed by atoms with Crippen LogP contribution in [0.15, 0.2) is 30.3 Å². The van der Waals surface area contributed by atoms with Crippen LogP contribution in [0.5, 0.6) is 0 Å². The molecule has 5 heteroatoms. The Bertz CT molecular complexity index is 447. The first-order chi connectivity index (χ1) is 10.7. The maximum absolute atomic E-state index is 11.8. The summed E-state index contributed by atoms with van der Waals surface area (Å²) >= 11 is 0. The Morgan fingerprint density at radius 1 is 1.14 bits per heavy atom. The van der Waals surface area contributed by atoms with Gasteiger partial charge in [-0.2, -0.15) is 0 Å². The van der Waals surface area contributed by atoms with Crippen LogP contribution < -0.4 is 5.32 Å². The monoisotopic (exact) mass is 307 g/mol. The number of rotatable bonds is 9. The molecular weight excluding hydrogens is 282 g/mol. The molecule has 1 rings (SSSR count). The van der Waals surface area contributed by atoms with E-state index in [1.165, 1.54) is 0 Å². The van der Waals surface area contributed by atoms with E-state index < -0.39 is 6.09 Å². The third kappa shape index (κ3) is 7.67. The zero-order chi connectivity index (χ0) is 16.2. The second kappa shape index (κ2) is 10.7. The van der Waals surface area contributed by atoms with Crippen molar-refractivity contribution in [3.05, 3.63) is 35.9 Å². The van der Waals surface area contributed by atoms with Crippen LogP contribution in [0.1, 0.15) is 45.1 Å². The molecule has 0 aliphatic rings. The van der Waals surface area contributed by atoms with Crippen molar-refractivity contribution in [2.24, 2.45) is 0 Å². The lowest BCUT2D eigenvalue weighted by Gasteiger charge is -2.17. The van der Waals surface area contributed by atoms with Crippen molar-refractivity contribution in [3.8, 4) is 0 Å². The SMILES string of the molecule is CCCC[C@H](CC(=O)OCC)NC(=O)OCc1ccccc1. The number of hydrogen-bond donors (Lipinski definition) is 1. The predicted octanol–water partition coefficient (Wildman–Crippen LogP) is 3.42. The van der Waals surface area contributed by atoms with Crippen LogP contribution in [0, 0.1) is 0 Å². The number of benzene rings is 1. The molecule has 0 heterocycles. The molecule has 0 aromatic heterocycles. The van der Waals surface area contributed by atoms with Gasteiger partial charge in [-0.05, 0) is 18.9 Å². The number of ether oxygens (including phenoxy) is 2. The van der Waals surface area contributed by atoms with Gasteiger partial charge in [-0.1, -0.05) is 50.1 Å². The van der Waals surface area contributed by atoms with E-state index in [0.29, 0.717) is 6.61 Å². The summed E-state index contributed by atoms with van der Waals surface area (Å²) in [6.07, 6.45) is 2.34. The molecule has 0 fully saturated rings. The molecule has 1 amide bonds. The molecule has 1 N–H and O–H groups in total. The molecule has 22 heavy (non-hydrogen) atoms. The van der Waals surface area contributed by atoms with Crippen LogP contribution in [0.2, 0.25) is 0 Å². The smallest absolute Gasteiger partial charge is 0.407 e. The summed E-state index contributed by atoms with van der Waals surface area (Å²) in [6.45, 7) is 4.39. The minimum absolute atomic E-state index is 0.175. The molecule has 1 aromatic carbocycles. The lowest BCUT2D eigenvalue weighted by Crippen LogP contribution is -2.37. The predicted molar refractivity (Wildman–Crippen MR) is 84.3 cm³/mol. The Labute approximate surface area is 132 Å². The van der Waals surface area contributed by atoms with Gasteiger partial charge in [0.25, 0.3) is 0 Å². The van der Waals surface area contributed by atoms with Gasteiger partial charge in [-0.3, -0.25) is 4.79 Å². The summed E-state index contributed by atoms with van der Waals surface area (Å²) in [4.78, 5) is 23.4. The van der Waals surface area contributed by atoms with Crippen molar-refractivity contribution >= 4 is 12.1 Å². The summed E-state index contributed by atoms with van der Waals surface area (Å²) in [7, 11) is 0. The highest BCUT2D eigenvalue weighted by Crippen LogP contribution is 2.07. The summed E-state index contributed by atoms with van der Waals surface area (Å²) < 4.78 is 10.1. The normalized spacial score (nSPS) is 11.5. The number of amides is 1. The molecule has 0 saturated heterocycles. The Morgan fingerprint density at radius 2 is 1.86 bits per heavy atom. The summed E-state index contributed by atoms with van der Waals surface area (Å²) in [5, 5.41) is 2.75. The summed E-state index contributed by atoms with van der Waals surface area (Å²) in [5.74, 6) is -0.299. The van der Waals surface area contributed by atoms with E-state index >= 15 is 0 Å². The first-order valence-electron chi connectivity index (χ1n) is 7.78. The molecule has 1 atom stereocenters. The van der Waals surface area contributed by atoms with Gasteiger partial charge in [0.15, 0.2) is 0 Å². The zero-order valence-electron chi connectivity index (χ0n) is 13.3. The van der Waals surface area contributed by atoms with E-state index in [0.717, 1.165) is 24.8 Å². The molecule has 5 nitrogen and oxygen atoms in total. The van der Waals surface area contributed by atoms with Gasteiger partial charge < -0.3 is 14.8 Å². The van der Waals surface area contributed by atoms with Crippen molar-refractivity contribution in [1.82, 2.24) is 5.32 Å². The second-order valence-electron chi connectivity index (χ2n) is 5.05. The molecule has 0 radical (unpaired) electrons. The van der Waals surface area contributed by atoms with Gasteiger partial charge in [0.05, 0.1) is 13.0 Å². The number of carbonyl (C=O) groups is 2. The maximum Gasteiger partial charge on any atom is 0.407 e.